The van der Waals surface area contributed by atoms with E-state index in [2.05, 4.69) is 0 Å². The molecule has 5 nitrogen and oxygen atoms in total. The second kappa shape index (κ2) is 4.02. The Hall–Kier alpha value is -2.01. The molecule has 1 heterocycles. The van der Waals surface area contributed by atoms with E-state index in [0.717, 1.165) is 11.3 Å². The minimum Gasteiger partial charge on any atom is -0.454 e. The monoisotopic (exact) mass is 206 g/mol. The topological polar surface area (TPSA) is 73.6 Å². The predicted octanol–water partition coefficient (Wildman–Crippen LogP) is 0.418. The fourth-order valence-electron chi connectivity index (χ4n) is 1.24. The van der Waals surface area contributed by atoms with Crippen molar-refractivity contribution in [3.05, 3.63) is 29.8 Å². The third-order valence-electron chi connectivity index (χ3n) is 1.97. The molecule has 0 bridgehead atoms. The number of hydrazine groups is 1. The van der Waals surface area contributed by atoms with Crippen LogP contribution in [0.15, 0.2) is 24.3 Å². The summed E-state index contributed by atoms with van der Waals surface area (Å²) < 4.78 is 10.3. The van der Waals surface area contributed by atoms with Crippen LogP contribution in [0.25, 0.3) is 6.08 Å². The minimum absolute atomic E-state index is 0.242. The van der Waals surface area contributed by atoms with Crippen molar-refractivity contribution in [3.63, 3.8) is 0 Å². The van der Waals surface area contributed by atoms with Crippen molar-refractivity contribution in [1.82, 2.24) is 5.43 Å². The van der Waals surface area contributed by atoms with E-state index in [1.807, 2.05) is 11.5 Å². The molecule has 5 heteroatoms. The summed E-state index contributed by atoms with van der Waals surface area (Å²) >= 11 is 0. The highest BCUT2D eigenvalue weighted by molar-refractivity contribution is 5.91. The lowest BCUT2D eigenvalue weighted by atomic mass is 10.2. The quantitative estimate of drug-likeness (QED) is 0.318. The molecule has 0 spiro atoms. The average Bonchev–Trinajstić information content (AvgIpc) is 2.72. The van der Waals surface area contributed by atoms with Gasteiger partial charge in [0, 0.05) is 6.08 Å². The summed E-state index contributed by atoms with van der Waals surface area (Å²) in [6, 6.07) is 5.42. The fourth-order valence-corrected chi connectivity index (χ4v) is 1.24. The SMILES string of the molecule is NNC(=O)/C=C/c1ccc2c(c1)OCO2. The standard InChI is InChI=1S/C10H10N2O3/c11-12-10(13)4-2-7-1-3-8-9(5-7)15-6-14-8/h1-5H,6,11H2,(H,12,13)/b4-2+. The van der Waals surface area contributed by atoms with E-state index in [1.165, 1.54) is 6.08 Å². The molecule has 78 valence electrons. The molecule has 15 heavy (non-hydrogen) atoms. The van der Waals surface area contributed by atoms with E-state index in [9.17, 15) is 4.79 Å². The van der Waals surface area contributed by atoms with Gasteiger partial charge in [0.15, 0.2) is 11.5 Å². The van der Waals surface area contributed by atoms with Crippen LogP contribution in [-0.2, 0) is 4.79 Å². The van der Waals surface area contributed by atoms with Crippen LogP contribution < -0.4 is 20.7 Å². The molecule has 0 atom stereocenters. The minimum atomic E-state index is -0.354. The molecule has 1 aromatic rings. The molecule has 0 fully saturated rings. The predicted molar refractivity (Wildman–Crippen MR) is 53.9 cm³/mol. The van der Waals surface area contributed by atoms with Crippen molar-refractivity contribution in [1.29, 1.82) is 0 Å². The van der Waals surface area contributed by atoms with Crippen molar-refractivity contribution in [2.75, 3.05) is 6.79 Å². The summed E-state index contributed by atoms with van der Waals surface area (Å²) in [6.45, 7) is 0.242. The van der Waals surface area contributed by atoms with Gasteiger partial charge in [-0.2, -0.15) is 0 Å². The first-order chi connectivity index (χ1) is 7.29. The van der Waals surface area contributed by atoms with Crippen molar-refractivity contribution in [2.24, 2.45) is 5.84 Å². The highest BCUT2D eigenvalue weighted by Crippen LogP contribution is 2.32. The van der Waals surface area contributed by atoms with Gasteiger partial charge in [0.1, 0.15) is 0 Å². The number of nitrogens with one attached hydrogen (secondary N) is 1. The lowest BCUT2D eigenvalue weighted by Crippen LogP contribution is -2.27. The molecule has 0 radical (unpaired) electrons. The molecule has 1 amide bonds. The zero-order valence-electron chi connectivity index (χ0n) is 7.90. The molecule has 1 aromatic carbocycles. The van der Waals surface area contributed by atoms with Gasteiger partial charge in [0.25, 0.3) is 5.91 Å². The van der Waals surface area contributed by atoms with Crippen molar-refractivity contribution < 1.29 is 14.3 Å². The first-order valence-electron chi connectivity index (χ1n) is 4.38. The number of fused-ring (bicyclic) bond motifs is 1. The summed E-state index contributed by atoms with van der Waals surface area (Å²) in [6.07, 6.45) is 2.99. The first-order valence-corrected chi connectivity index (χ1v) is 4.38. The van der Waals surface area contributed by atoms with Crippen LogP contribution in [0.5, 0.6) is 11.5 Å². The maximum Gasteiger partial charge on any atom is 0.257 e. The Kier molecular flexibility index (Phi) is 2.55. The normalized spacial score (nSPS) is 13.1. The van der Waals surface area contributed by atoms with E-state index in [0.29, 0.717) is 5.75 Å². The van der Waals surface area contributed by atoms with Gasteiger partial charge in [-0.3, -0.25) is 10.2 Å². The Labute approximate surface area is 86.4 Å². The second-order valence-corrected chi connectivity index (χ2v) is 2.95. The molecule has 2 rings (SSSR count). The Bertz CT molecular complexity index is 415. The van der Waals surface area contributed by atoms with E-state index in [4.69, 9.17) is 15.3 Å². The van der Waals surface area contributed by atoms with E-state index < -0.39 is 0 Å². The Morgan fingerprint density at radius 3 is 3.00 bits per heavy atom. The summed E-state index contributed by atoms with van der Waals surface area (Å²) in [5, 5.41) is 0. The lowest BCUT2D eigenvalue weighted by Gasteiger charge is -1.97. The smallest absolute Gasteiger partial charge is 0.257 e. The Morgan fingerprint density at radius 2 is 2.20 bits per heavy atom. The molecule has 3 N–H and O–H groups in total. The number of carbonyl (C=O) groups is 1. The first kappa shape index (κ1) is 9.54. The van der Waals surface area contributed by atoms with Crippen LogP contribution in [0.3, 0.4) is 0 Å². The zero-order valence-corrected chi connectivity index (χ0v) is 7.90. The van der Waals surface area contributed by atoms with Gasteiger partial charge >= 0.3 is 0 Å². The van der Waals surface area contributed by atoms with E-state index >= 15 is 0 Å². The molecule has 0 saturated heterocycles. The number of amides is 1. The van der Waals surface area contributed by atoms with E-state index in [-0.39, 0.29) is 12.7 Å². The molecule has 1 aliphatic heterocycles. The molecular weight excluding hydrogens is 196 g/mol. The van der Waals surface area contributed by atoms with Crippen LogP contribution in [0, 0.1) is 0 Å². The molecule has 0 aromatic heterocycles. The second-order valence-electron chi connectivity index (χ2n) is 2.95. The number of nitrogens with two attached hydrogens (primary N) is 1. The third kappa shape index (κ3) is 2.08. The highest BCUT2D eigenvalue weighted by Gasteiger charge is 2.12. The van der Waals surface area contributed by atoms with Gasteiger partial charge in [-0.05, 0) is 23.8 Å². The fraction of sp³-hybridized carbons (Fsp3) is 0.100. The van der Waals surface area contributed by atoms with Gasteiger partial charge in [-0.1, -0.05) is 6.07 Å². The molecular formula is C10H10N2O3. The van der Waals surface area contributed by atoms with E-state index in [1.54, 1.807) is 18.2 Å². The average molecular weight is 206 g/mol. The maximum absolute atomic E-state index is 10.8. The zero-order chi connectivity index (χ0) is 10.7. The summed E-state index contributed by atoms with van der Waals surface area (Å²) in [4.78, 5) is 10.8. The van der Waals surface area contributed by atoms with Gasteiger partial charge < -0.3 is 9.47 Å². The number of rotatable bonds is 2. The molecule has 0 aliphatic carbocycles. The van der Waals surface area contributed by atoms with Gasteiger partial charge in [-0.25, -0.2) is 5.84 Å². The summed E-state index contributed by atoms with van der Waals surface area (Å²) in [5.74, 6) is 5.98. The molecule has 1 aliphatic rings. The molecule has 0 unspecified atom stereocenters. The summed E-state index contributed by atoms with van der Waals surface area (Å²) in [7, 11) is 0. The van der Waals surface area contributed by atoms with Gasteiger partial charge in [0.05, 0.1) is 0 Å². The maximum atomic E-state index is 10.8. The van der Waals surface area contributed by atoms with Crippen molar-refractivity contribution in [2.45, 2.75) is 0 Å². The van der Waals surface area contributed by atoms with Crippen LogP contribution in [0.2, 0.25) is 0 Å². The van der Waals surface area contributed by atoms with Crippen molar-refractivity contribution >= 4 is 12.0 Å². The highest BCUT2D eigenvalue weighted by atomic mass is 16.7. The van der Waals surface area contributed by atoms with Gasteiger partial charge in [0.2, 0.25) is 6.79 Å². The van der Waals surface area contributed by atoms with Crippen LogP contribution >= 0.6 is 0 Å². The van der Waals surface area contributed by atoms with Crippen molar-refractivity contribution in [3.8, 4) is 11.5 Å². The Balaban J connectivity index is 2.16. The lowest BCUT2D eigenvalue weighted by molar-refractivity contribution is -0.116. The number of hydrogen-bond acceptors (Lipinski definition) is 4. The largest absolute Gasteiger partial charge is 0.454 e. The number of benzene rings is 1. The Morgan fingerprint density at radius 1 is 1.40 bits per heavy atom. The van der Waals surface area contributed by atoms with Crippen LogP contribution in [0.4, 0.5) is 0 Å². The van der Waals surface area contributed by atoms with Crippen LogP contribution in [0.1, 0.15) is 5.56 Å². The molecule has 0 saturated carbocycles. The summed E-state index contributed by atoms with van der Waals surface area (Å²) in [5.41, 5.74) is 2.86. The van der Waals surface area contributed by atoms with Crippen LogP contribution in [-0.4, -0.2) is 12.7 Å². The number of carbonyl (C=O) groups excluding carboxylic acids is 1. The van der Waals surface area contributed by atoms with Gasteiger partial charge in [-0.15, -0.1) is 0 Å². The third-order valence-corrected chi connectivity index (χ3v) is 1.97. The number of ether oxygens (including phenoxy) is 2. The number of hydrogen-bond donors (Lipinski definition) is 2.